The fourth-order valence-electron chi connectivity index (χ4n) is 3.19. The van der Waals surface area contributed by atoms with E-state index in [1.165, 1.54) is 12.1 Å². The molecule has 2 heterocycles. The number of methoxy groups -OCH3 is 1. The second-order valence-corrected chi connectivity index (χ2v) is 6.16. The molecule has 1 aliphatic heterocycles. The molecule has 1 aliphatic rings. The van der Waals surface area contributed by atoms with E-state index < -0.39 is 11.1 Å². The number of ether oxygens (including phenoxy) is 1. The average Bonchev–Trinajstić information content (AvgIpc) is 3.00. The van der Waals surface area contributed by atoms with Gasteiger partial charge >= 0.3 is 0 Å². The van der Waals surface area contributed by atoms with Crippen LogP contribution in [-0.4, -0.2) is 22.9 Å². The number of hydrogen-bond acceptors (Lipinski definition) is 6. The highest BCUT2D eigenvalue weighted by atomic mass is 16.6. The third-order valence-corrected chi connectivity index (χ3v) is 4.52. The Labute approximate surface area is 160 Å². The molecule has 2 aromatic carbocycles. The van der Waals surface area contributed by atoms with E-state index in [9.17, 15) is 14.9 Å². The lowest BCUT2D eigenvalue weighted by Crippen LogP contribution is -2.32. The molecule has 1 amide bonds. The van der Waals surface area contributed by atoms with Crippen molar-refractivity contribution in [3.63, 3.8) is 0 Å². The number of nitro groups is 1. The lowest BCUT2D eigenvalue weighted by atomic mass is 10.2. The third kappa shape index (κ3) is 3.01. The fraction of sp³-hybridized carbons (Fsp3) is 0.100. The average molecular weight is 376 g/mol. The summed E-state index contributed by atoms with van der Waals surface area (Å²) >= 11 is 0. The highest BCUT2D eigenvalue weighted by Crippen LogP contribution is 2.37. The zero-order valence-electron chi connectivity index (χ0n) is 14.9. The van der Waals surface area contributed by atoms with Crippen LogP contribution in [0.1, 0.15) is 22.2 Å². The molecule has 0 radical (unpaired) electrons. The summed E-state index contributed by atoms with van der Waals surface area (Å²) in [6, 6.07) is 16.7. The highest BCUT2D eigenvalue weighted by Gasteiger charge is 2.39. The van der Waals surface area contributed by atoms with E-state index in [0.717, 1.165) is 0 Å². The number of nitrogens with zero attached hydrogens (tertiary/aromatic N) is 3. The smallest absolute Gasteiger partial charge is 0.271 e. The van der Waals surface area contributed by atoms with Crippen molar-refractivity contribution in [2.45, 2.75) is 6.17 Å². The van der Waals surface area contributed by atoms with Crippen LogP contribution in [0.25, 0.3) is 0 Å². The van der Waals surface area contributed by atoms with E-state index in [1.807, 2.05) is 0 Å². The monoisotopic (exact) mass is 376 g/mol. The predicted molar refractivity (Wildman–Crippen MR) is 104 cm³/mol. The summed E-state index contributed by atoms with van der Waals surface area (Å²) in [5.74, 6) is 0.477. The Hall–Kier alpha value is -3.94. The van der Waals surface area contributed by atoms with Crippen LogP contribution < -0.4 is 15.0 Å². The van der Waals surface area contributed by atoms with Gasteiger partial charge in [0.15, 0.2) is 6.17 Å². The minimum absolute atomic E-state index is 0.0356. The number of rotatable bonds is 5. The molecule has 1 atom stereocenters. The number of hydrogen-bond donors (Lipinski definition) is 1. The number of carbonyl (C=O) groups excluding carboxylic acids is 1. The standard InChI is InChI=1S/C20H16N4O4/c1-28-16-9-7-14(8-10-16)23-19(18-17(20(23)25)6-3-11-21-18)22-13-4-2-5-15(12-13)24(26)27/h2-12,19,22H,1H3/t19-/m0/s1. The van der Waals surface area contributed by atoms with Crippen molar-refractivity contribution in [2.24, 2.45) is 0 Å². The van der Waals surface area contributed by atoms with Crippen LogP contribution in [0.5, 0.6) is 5.75 Å². The summed E-state index contributed by atoms with van der Waals surface area (Å²) in [5, 5.41) is 14.3. The second-order valence-electron chi connectivity index (χ2n) is 6.16. The maximum Gasteiger partial charge on any atom is 0.271 e. The van der Waals surface area contributed by atoms with Gasteiger partial charge in [-0.15, -0.1) is 0 Å². The van der Waals surface area contributed by atoms with E-state index in [2.05, 4.69) is 10.3 Å². The van der Waals surface area contributed by atoms with Crippen LogP contribution >= 0.6 is 0 Å². The number of anilines is 2. The van der Waals surface area contributed by atoms with E-state index in [4.69, 9.17) is 4.74 Å². The van der Waals surface area contributed by atoms with E-state index >= 15 is 0 Å². The number of non-ortho nitro benzene ring substituents is 1. The van der Waals surface area contributed by atoms with Crippen LogP contribution in [0.4, 0.5) is 17.1 Å². The third-order valence-electron chi connectivity index (χ3n) is 4.52. The number of benzene rings is 2. The lowest BCUT2D eigenvalue weighted by Gasteiger charge is -2.26. The Morgan fingerprint density at radius 2 is 1.93 bits per heavy atom. The number of pyridine rings is 1. The number of carbonyl (C=O) groups is 1. The zero-order valence-corrected chi connectivity index (χ0v) is 14.9. The summed E-state index contributed by atoms with van der Waals surface area (Å²) < 4.78 is 5.18. The Bertz CT molecular complexity index is 1050. The van der Waals surface area contributed by atoms with Crippen LogP contribution in [0.3, 0.4) is 0 Å². The van der Waals surface area contributed by atoms with Crippen molar-refractivity contribution in [3.05, 3.63) is 88.2 Å². The molecule has 140 valence electrons. The topological polar surface area (TPSA) is 97.6 Å². The van der Waals surface area contributed by atoms with Crippen LogP contribution in [0.15, 0.2) is 66.9 Å². The van der Waals surface area contributed by atoms with Crippen LogP contribution in [-0.2, 0) is 0 Å². The predicted octanol–water partition coefficient (Wildman–Crippen LogP) is 3.77. The second kappa shape index (κ2) is 6.99. The molecule has 0 unspecified atom stereocenters. The van der Waals surface area contributed by atoms with Crippen molar-refractivity contribution in [2.75, 3.05) is 17.3 Å². The number of aromatic nitrogens is 1. The molecule has 4 rings (SSSR count). The van der Waals surface area contributed by atoms with Gasteiger partial charge in [-0.25, -0.2) is 0 Å². The molecule has 8 heteroatoms. The normalized spacial score (nSPS) is 15.2. The van der Waals surface area contributed by atoms with Gasteiger partial charge in [-0.05, 0) is 42.5 Å². The first-order valence-electron chi connectivity index (χ1n) is 8.52. The zero-order chi connectivity index (χ0) is 19.7. The SMILES string of the molecule is COc1ccc(N2C(=O)c3cccnc3[C@H]2Nc2cccc([N+](=O)[O-])c2)cc1. The number of amides is 1. The molecule has 0 spiro atoms. The van der Waals surface area contributed by atoms with E-state index in [1.54, 1.807) is 66.7 Å². The van der Waals surface area contributed by atoms with Crippen molar-refractivity contribution in [1.29, 1.82) is 0 Å². The summed E-state index contributed by atoms with van der Waals surface area (Å²) in [5.41, 5.74) is 2.19. The number of nitrogens with one attached hydrogen (secondary N) is 1. The van der Waals surface area contributed by atoms with Gasteiger partial charge in [0, 0.05) is 29.7 Å². The molecule has 0 saturated carbocycles. The number of fused-ring (bicyclic) bond motifs is 1. The van der Waals surface area contributed by atoms with Gasteiger partial charge in [0.05, 0.1) is 23.3 Å². The summed E-state index contributed by atoms with van der Waals surface area (Å²) in [4.78, 5) is 29.6. The molecule has 1 aromatic heterocycles. The Kier molecular flexibility index (Phi) is 4.36. The van der Waals surface area contributed by atoms with Gasteiger partial charge in [0.2, 0.25) is 0 Å². The minimum Gasteiger partial charge on any atom is -0.497 e. The molecule has 0 aliphatic carbocycles. The molecular weight excluding hydrogens is 360 g/mol. The van der Waals surface area contributed by atoms with Gasteiger partial charge in [-0.3, -0.25) is 24.8 Å². The highest BCUT2D eigenvalue weighted by molar-refractivity contribution is 6.11. The largest absolute Gasteiger partial charge is 0.497 e. The summed E-state index contributed by atoms with van der Waals surface area (Å²) in [6.07, 6.45) is 1.02. The molecule has 1 N–H and O–H groups in total. The van der Waals surface area contributed by atoms with Gasteiger partial charge in [-0.2, -0.15) is 0 Å². The Morgan fingerprint density at radius 1 is 1.14 bits per heavy atom. The van der Waals surface area contributed by atoms with Gasteiger partial charge in [0.1, 0.15) is 5.75 Å². The van der Waals surface area contributed by atoms with Crippen molar-refractivity contribution >= 4 is 23.0 Å². The Balaban J connectivity index is 1.75. The van der Waals surface area contributed by atoms with Crippen molar-refractivity contribution in [3.8, 4) is 5.75 Å². The minimum atomic E-state index is -0.598. The van der Waals surface area contributed by atoms with Gasteiger partial charge < -0.3 is 10.1 Å². The van der Waals surface area contributed by atoms with Gasteiger partial charge in [0.25, 0.3) is 11.6 Å². The first-order chi connectivity index (χ1) is 13.6. The molecule has 8 nitrogen and oxygen atoms in total. The maximum atomic E-state index is 13.0. The fourth-order valence-corrected chi connectivity index (χ4v) is 3.19. The van der Waals surface area contributed by atoms with Crippen LogP contribution in [0.2, 0.25) is 0 Å². The van der Waals surface area contributed by atoms with Crippen molar-refractivity contribution in [1.82, 2.24) is 4.98 Å². The van der Waals surface area contributed by atoms with E-state index in [-0.39, 0.29) is 11.6 Å². The molecule has 0 bridgehead atoms. The summed E-state index contributed by atoms with van der Waals surface area (Å²) in [7, 11) is 1.57. The summed E-state index contributed by atoms with van der Waals surface area (Å²) in [6.45, 7) is 0. The first kappa shape index (κ1) is 17.5. The van der Waals surface area contributed by atoms with Crippen LogP contribution in [0, 0.1) is 10.1 Å². The molecule has 3 aromatic rings. The van der Waals surface area contributed by atoms with E-state index in [0.29, 0.717) is 28.4 Å². The molecule has 0 saturated heterocycles. The molecule has 28 heavy (non-hydrogen) atoms. The first-order valence-corrected chi connectivity index (χ1v) is 8.52. The number of nitro benzene ring substituents is 1. The maximum absolute atomic E-state index is 13.0. The quantitative estimate of drug-likeness (QED) is 0.538. The van der Waals surface area contributed by atoms with Gasteiger partial charge in [-0.1, -0.05) is 6.07 Å². The molecule has 0 fully saturated rings. The van der Waals surface area contributed by atoms with Crippen molar-refractivity contribution < 1.29 is 14.5 Å². The molecular formula is C20H16N4O4. The lowest BCUT2D eigenvalue weighted by molar-refractivity contribution is -0.384. The Morgan fingerprint density at radius 3 is 2.64 bits per heavy atom.